The smallest absolute Gasteiger partial charge is 0.225 e. The van der Waals surface area contributed by atoms with Crippen LogP contribution < -0.4 is 20.8 Å². The molecule has 0 radical (unpaired) electrons. The molecule has 1 aromatic heterocycles. The van der Waals surface area contributed by atoms with E-state index in [2.05, 4.69) is 17.6 Å². The Morgan fingerprint density at radius 2 is 1.79 bits per heavy atom. The molecule has 2 rings (SSSR count). The van der Waals surface area contributed by atoms with Crippen LogP contribution in [0.5, 0.6) is 5.75 Å². The summed E-state index contributed by atoms with van der Waals surface area (Å²) < 4.78 is 7.77. The molecule has 0 bridgehead atoms. The number of nitrogens with zero attached hydrogens (tertiary/aromatic N) is 1. The first-order chi connectivity index (χ1) is 16.1. The molecule has 1 aromatic carbocycles. The van der Waals surface area contributed by atoms with E-state index in [9.17, 15) is 14.4 Å². The van der Waals surface area contributed by atoms with Crippen LogP contribution in [0.3, 0.4) is 0 Å². The number of hydrogen-bond donors (Lipinski definition) is 2. The highest BCUT2D eigenvalue weighted by Crippen LogP contribution is 2.27. The number of pyridine rings is 1. The van der Waals surface area contributed by atoms with Gasteiger partial charge < -0.3 is 19.9 Å². The fraction of sp³-hybridized carbons (Fsp3) is 0.519. The summed E-state index contributed by atoms with van der Waals surface area (Å²) in [7, 11) is 1.84. The van der Waals surface area contributed by atoms with Crippen LogP contribution in [0.2, 0.25) is 0 Å². The monoisotopic (exact) mass is 469 g/mol. The van der Waals surface area contributed by atoms with Crippen LogP contribution in [0.1, 0.15) is 83.9 Å². The molecule has 0 saturated carbocycles. The Hall–Kier alpha value is -3.09. The highest BCUT2D eigenvalue weighted by atomic mass is 16.5. The second-order valence-corrected chi connectivity index (χ2v) is 9.12. The van der Waals surface area contributed by atoms with Gasteiger partial charge in [0.05, 0.1) is 0 Å². The van der Waals surface area contributed by atoms with Gasteiger partial charge in [0.2, 0.25) is 23.0 Å². The van der Waals surface area contributed by atoms with Crippen molar-refractivity contribution in [2.24, 2.45) is 7.05 Å². The van der Waals surface area contributed by atoms with Crippen LogP contribution in [-0.2, 0) is 23.2 Å². The molecule has 0 aliphatic carbocycles. The number of benzene rings is 1. The summed E-state index contributed by atoms with van der Waals surface area (Å²) in [5.41, 5.74) is 1.04. The van der Waals surface area contributed by atoms with E-state index in [1.54, 1.807) is 13.0 Å². The molecule has 1 heterocycles. The second kappa shape index (κ2) is 12.4. The van der Waals surface area contributed by atoms with E-state index in [0.717, 1.165) is 17.7 Å². The van der Waals surface area contributed by atoms with Gasteiger partial charge in [-0.05, 0) is 37.7 Å². The number of ether oxygens (including phenoxy) is 1. The van der Waals surface area contributed by atoms with Crippen molar-refractivity contribution >= 4 is 17.6 Å². The topological polar surface area (TPSA) is 89.4 Å². The molecule has 0 spiro atoms. The van der Waals surface area contributed by atoms with E-state index >= 15 is 0 Å². The van der Waals surface area contributed by atoms with Crippen molar-refractivity contribution in [3.8, 4) is 5.75 Å². The van der Waals surface area contributed by atoms with Crippen LogP contribution in [0.15, 0.2) is 41.2 Å². The summed E-state index contributed by atoms with van der Waals surface area (Å²) in [6, 6.07) is 11.2. The predicted octanol–water partition coefficient (Wildman–Crippen LogP) is 4.89. The van der Waals surface area contributed by atoms with Crippen molar-refractivity contribution in [1.29, 1.82) is 0 Å². The normalized spacial score (nSPS) is 13.6. The molecular weight excluding hydrogens is 430 g/mol. The molecule has 0 aliphatic heterocycles. The number of anilines is 1. The van der Waals surface area contributed by atoms with E-state index in [0.29, 0.717) is 25.1 Å². The molecule has 186 valence electrons. The molecule has 34 heavy (non-hydrogen) atoms. The fourth-order valence-corrected chi connectivity index (χ4v) is 3.72. The van der Waals surface area contributed by atoms with E-state index in [1.165, 1.54) is 0 Å². The largest absolute Gasteiger partial charge is 0.481 e. The van der Waals surface area contributed by atoms with Crippen molar-refractivity contribution < 1.29 is 14.3 Å². The first kappa shape index (κ1) is 27.2. The highest BCUT2D eigenvalue weighted by molar-refractivity contribution is 5.91. The Balaban J connectivity index is 2.29. The summed E-state index contributed by atoms with van der Waals surface area (Å²) in [6.07, 6.45) is 2.65. The minimum atomic E-state index is -0.471. The van der Waals surface area contributed by atoms with Gasteiger partial charge in [-0.3, -0.25) is 14.4 Å². The molecule has 2 aromatic rings. The molecule has 7 nitrogen and oxygen atoms in total. The number of nitrogens with one attached hydrogen (secondary N) is 2. The Morgan fingerprint density at radius 1 is 1.12 bits per heavy atom. The predicted molar refractivity (Wildman–Crippen MR) is 136 cm³/mol. The lowest BCUT2D eigenvalue weighted by Gasteiger charge is -2.29. The second-order valence-electron chi connectivity index (χ2n) is 9.12. The molecule has 2 unspecified atom stereocenters. The maximum Gasteiger partial charge on any atom is 0.225 e. The van der Waals surface area contributed by atoms with Gasteiger partial charge in [-0.15, -0.1) is 0 Å². The first-order valence-electron chi connectivity index (χ1n) is 12.2. The van der Waals surface area contributed by atoms with E-state index in [-0.39, 0.29) is 41.9 Å². The van der Waals surface area contributed by atoms with Gasteiger partial charge in [0, 0.05) is 37.2 Å². The number of amides is 2. The standard InChI is InChI=1S/C27H39N3O4/c1-7-19(4)21-17-22(31)25(34-18-20-13-11-10-12-14-20)26(30(21)6)28-24(33)15-16-27(5,9-3)29-23(32)8-2/h10-14,17,19H,7-9,15-16,18H2,1-6H3,(H,28,33)(H,29,32). The Morgan fingerprint density at radius 3 is 2.38 bits per heavy atom. The lowest BCUT2D eigenvalue weighted by atomic mass is 9.92. The molecule has 2 atom stereocenters. The number of carbonyl (C=O) groups excluding carboxylic acids is 2. The van der Waals surface area contributed by atoms with Gasteiger partial charge >= 0.3 is 0 Å². The van der Waals surface area contributed by atoms with E-state index in [1.807, 2.05) is 62.7 Å². The van der Waals surface area contributed by atoms with Gasteiger partial charge in [0.1, 0.15) is 6.61 Å². The maximum absolute atomic E-state index is 13.0. The van der Waals surface area contributed by atoms with Crippen molar-refractivity contribution in [3.63, 3.8) is 0 Å². The van der Waals surface area contributed by atoms with E-state index in [4.69, 9.17) is 4.74 Å². The maximum atomic E-state index is 13.0. The Labute approximate surface area is 202 Å². The minimum absolute atomic E-state index is 0.0370. The molecular formula is C27H39N3O4. The zero-order chi connectivity index (χ0) is 25.3. The summed E-state index contributed by atoms with van der Waals surface area (Å²) in [6.45, 7) is 10.1. The van der Waals surface area contributed by atoms with Crippen molar-refractivity contribution in [2.45, 2.75) is 84.8 Å². The molecule has 2 N–H and O–H groups in total. The summed E-state index contributed by atoms with van der Waals surface area (Å²) >= 11 is 0. The van der Waals surface area contributed by atoms with Crippen LogP contribution in [0.4, 0.5) is 5.82 Å². The number of aromatic nitrogens is 1. The SMILES string of the molecule is CCC(=O)NC(C)(CC)CCC(=O)Nc1c(OCc2ccccc2)c(=O)cc(C(C)CC)n1C. The zero-order valence-electron chi connectivity index (χ0n) is 21.4. The van der Waals surface area contributed by atoms with Crippen molar-refractivity contribution in [3.05, 3.63) is 57.9 Å². The van der Waals surface area contributed by atoms with E-state index < -0.39 is 5.54 Å². The van der Waals surface area contributed by atoms with Crippen molar-refractivity contribution in [2.75, 3.05) is 5.32 Å². The summed E-state index contributed by atoms with van der Waals surface area (Å²) in [4.78, 5) is 37.9. The van der Waals surface area contributed by atoms with Crippen LogP contribution in [0.25, 0.3) is 0 Å². The fourth-order valence-electron chi connectivity index (χ4n) is 3.72. The number of hydrogen-bond acceptors (Lipinski definition) is 4. The third kappa shape index (κ3) is 7.20. The average Bonchev–Trinajstić information content (AvgIpc) is 2.84. The zero-order valence-corrected chi connectivity index (χ0v) is 21.4. The van der Waals surface area contributed by atoms with Gasteiger partial charge in [0.25, 0.3) is 0 Å². The third-order valence-corrected chi connectivity index (χ3v) is 6.49. The van der Waals surface area contributed by atoms with Crippen molar-refractivity contribution in [1.82, 2.24) is 9.88 Å². The van der Waals surface area contributed by atoms with Crippen LogP contribution >= 0.6 is 0 Å². The van der Waals surface area contributed by atoms with Gasteiger partial charge in [-0.1, -0.05) is 58.0 Å². The first-order valence-corrected chi connectivity index (χ1v) is 12.2. The molecule has 0 fully saturated rings. The number of rotatable bonds is 12. The Kier molecular flexibility index (Phi) is 9.90. The lowest BCUT2D eigenvalue weighted by molar-refractivity contribution is -0.123. The molecule has 0 saturated heterocycles. The third-order valence-electron chi connectivity index (χ3n) is 6.49. The highest BCUT2D eigenvalue weighted by Gasteiger charge is 2.26. The minimum Gasteiger partial charge on any atom is -0.481 e. The van der Waals surface area contributed by atoms with Crippen LogP contribution in [0, 0.1) is 0 Å². The Bertz CT molecular complexity index is 1030. The van der Waals surface area contributed by atoms with Gasteiger partial charge in [-0.25, -0.2) is 0 Å². The summed E-state index contributed by atoms with van der Waals surface area (Å²) in [5, 5.41) is 5.94. The molecule has 2 amide bonds. The van der Waals surface area contributed by atoms with Gasteiger partial charge in [0.15, 0.2) is 5.82 Å². The average molecular weight is 470 g/mol. The van der Waals surface area contributed by atoms with Gasteiger partial charge in [-0.2, -0.15) is 0 Å². The molecule has 7 heteroatoms. The summed E-state index contributed by atoms with van der Waals surface area (Å²) in [5.74, 6) is 0.365. The lowest BCUT2D eigenvalue weighted by Crippen LogP contribution is -2.45. The quantitative estimate of drug-likeness (QED) is 0.463. The molecule has 0 aliphatic rings. The number of carbonyl (C=O) groups is 2. The van der Waals surface area contributed by atoms with Crippen LogP contribution in [-0.4, -0.2) is 21.9 Å².